The molecule has 1 aromatic carbocycles. The molecule has 0 amide bonds. The molecule has 1 N–H and O–H groups in total. The number of nitrogens with zero attached hydrogens (tertiary/aromatic N) is 1. The summed E-state index contributed by atoms with van der Waals surface area (Å²) in [6.45, 7) is -0.00923. The number of furan rings is 1. The zero-order chi connectivity index (χ0) is 17.2. The number of nitro groups is 1. The van der Waals surface area contributed by atoms with Crippen LogP contribution >= 0.6 is 11.3 Å². The molecule has 0 bridgehead atoms. The molecule has 0 unspecified atom stereocenters. The van der Waals surface area contributed by atoms with Crippen molar-refractivity contribution in [2.24, 2.45) is 0 Å². The molecule has 3 rings (SSSR count). The van der Waals surface area contributed by atoms with Gasteiger partial charge in [-0.15, -0.1) is 11.3 Å². The molecule has 9 heteroatoms. The zero-order valence-corrected chi connectivity index (χ0v) is 13.8. The van der Waals surface area contributed by atoms with Gasteiger partial charge in [-0.25, -0.2) is 13.1 Å². The first-order valence-electron chi connectivity index (χ1n) is 6.82. The Hall–Kier alpha value is -2.49. The third-order valence-corrected chi connectivity index (χ3v) is 5.52. The van der Waals surface area contributed by atoms with Crippen molar-refractivity contribution < 1.29 is 17.8 Å². The van der Waals surface area contributed by atoms with Crippen LogP contribution in [0.25, 0.3) is 10.6 Å². The van der Waals surface area contributed by atoms with Gasteiger partial charge < -0.3 is 4.42 Å². The van der Waals surface area contributed by atoms with Crippen LogP contribution in [0, 0.1) is 10.1 Å². The molecule has 0 aliphatic rings. The van der Waals surface area contributed by atoms with Crippen molar-refractivity contribution in [1.82, 2.24) is 4.72 Å². The van der Waals surface area contributed by atoms with E-state index in [1.54, 1.807) is 12.1 Å². The van der Waals surface area contributed by atoms with E-state index in [9.17, 15) is 18.5 Å². The fourth-order valence-corrected chi connectivity index (χ4v) is 3.70. The molecule has 0 fully saturated rings. The molecule has 0 radical (unpaired) electrons. The van der Waals surface area contributed by atoms with E-state index >= 15 is 0 Å². The summed E-state index contributed by atoms with van der Waals surface area (Å²) in [5.74, 6) is 1.15. The van der Waals surface area contributed by atoms with Gasteiger partial charge in [0.25, 0.3) is 5.69 Å². The lowest BCUT2D eigenvalue weighted by molar-refractivity contribution is -0.384. The number of rotatable bonds is 6. The molecule has 24 heavy (non-hydrogen) atoms. The van der Waals surface area contributed by atoms with Crippen molar-refractivity contribution in [3.8, 4) is 10.6 Å². The smallest absolute Gasteiger partial charge is 0.269 e. The number of thiophene rings is 1. The molecule has 0 saturated heterocycles. The lowest BCUT2D eigenvalue weighted by atomic mass is 10.3. The van der Waals surface area contributed by atoms with Gasteiger partial charge in [0.05, 0.1) is 21.2 Å². The average Bonchev–Trinajstić information content (AvgIpc) is 3.24. The highest BCUT2D eigenvalue weighted by Crippen LogP contribution is 2.26. The SMILES string of the molecule is O=[N+]([O-])c1ccc(S(=O)(=O)NCc2ccc(-c3cccs3)o2)cc1. The minimum absolute atomic E-state index is 0.00923. The lowest BCUT2D eigenvalue weighted by Crippen LogP contribution is -2.22. The predicted octanol–water partition coefficient (Wildman–Crippen LogP) is 3.39. The van der Waals surface area contributed by atoms with Crippen LogP contribution < -0.4 is 4.72 Å². The number of non-ortho nitro benzene ring substituents is 1. The van der Waals surface area contributed by atoms with E-state index in [-0.39, 0.29) is 17.1 Å². The highest BCUT2D eigenvalue weighted by Gasteiger charge is 2.16. The topological polar surface area (TPSA) is 102 Å². The van der Waals surface area contributed by atoms with Gasteiger partial charge in [0, 0.05) is 12.1 Å². The molecule has 0 aliphatic heterocycles. The van der Waals surface area contributed by atoms with E-state index in [4.69, 9.17) is 4.42 Å². The second-order valence-electron chi connectivity index (χ2n) is 4.82. The van der Waals surface area contributed by atoms with Crippen LogP contribution in [0.1, 0.15) is 5.76 Å². The molecule has 2 aromatic heterocycles. The number of hydrogen-bond acceptors (Lipinski definition) is 6. The first-order chi connectivity index (χ1) is 11.5. The maximum absolute atomic E-state index is 12.2. The molecule has 3 aromatic rings. The van der Waals surface area contributed by atoms with Crippen LogP contribution in [0.4, 0.5) is 5.69 Å². The standard InChI is InChI=1S/C15H12N2O5S2/c18-17(19)11-3-6-13(7-4-11)24(20,21)16-10-12-5-8-14(22-12)15-2-1-9-23-15/h1-9,16H,10H2. The largest absolute Gasteiger partial charge is 0.459 e. The fraction of sp³-hybridized carbons (Fsp3) is 0.0667. The Labute approximate surface area is 141 Å². The van der Waals surface area contributed by atoms with Crippen LogP contribution in [0.15, 0.2) is 63.2 Å². The summed E-state index contributed by atoms with van der Waals surface area (Å²) >= 11 is 1.53. The summed E-state index contributed by atoms with van der Waals surface area (Å²) in [6, 6.07) is 12.0. The number of hydrogen-bond donors (Lipinski definition) is 1. The van der Waals surface area contributed by atoms with Crippen LogP contribution in [0.5, 0.6) is 0 Å². The van der Waals surface area contributed by atoms with Gasteiger partial charge in [-0.05, 0) is 35.7 Å². The lowest BCUT2D eigenvalue weighted by Gasteiger charge is -2.05. The fourth-order valence-electron chi connectivity index (χ4n) is 2.02. The summed E-state index contributed by atoms with van der Waals surface area (Å²) in [5.41, 5.74) is -0.166. The minimum Gasteiger partial charge on any atom is -0.459 e. The van der Waals surface area contributed by atoms with Gasteiger partial charge >= 0.3 is 0 Å². The van der Waals surface area contributed by atoms with E-state index in [0.29, 0.717) is 11.5 Å². The third-order valence-electron chi connectivity index (χ3n) is 3.22. The Morgan fingerprint density at radius 1 is 1.12 bits per heavy atom. The van der Waals surface area contributed by atoms with Gasteiger partial charge in [0.2, 0.25) is 10.0 Å². The minimum atomic E-state index is -3.78. The van der Waals surface area contributed by atoms with Gasteiger partial charge in [-0.2, -0.15) is 0 Å². The van der Waals surface area contributed by atoms with Crippen LogP contribution in [-0.2, 0) is 16.6 Å². The van der Waals surface area contributed by atoms with Crippen molar-refractivity contribution in [1.29, 1.82) is 0 Å². The normalized spacial score (nSPS) is 11.5. The molecule has 124 valence electrons. The summed E-state index contributed by atoms with van der Waals surface area (Å²) in [6.07, 6.45) is 0. The number of nitro benzene ring substituents is 1. The predicted molar refractivity (Wildman–Crippen MR) is 89.1 cm³/mol. The van der Waals surface area contributed by atoms with Crippen LogP contribution in [0.3, 0.4) is 0 Å². The highest BCUT2D eigenvalue weighted by molar-refractivity contribution is 7.89. The Bertz CT molecular complexity index is 944. The zero-order valence-electron chi connectivity index (χ0n) is 12.2. The van der Waals surface area contributed by atoms with Crippen molar-refractivity contribution in [3.63, 3.8) is 0 Å². The van der Waals surface area contributed by atoms with Gasteiger partial charge in [0.15, 0.2) is 0 Å². The first kappa shape index (κ1) is 16.4. The van der Waals surface area contributed by atoms with E-state index in [0.717, 1.165) is 17.0 Å². The Morgan fingerprint density at radius 3 is 2.50 bits per heavy atom. The van der Waals surface area contributed by atoms with Gasteiger partial charge in [-0.1, -0.05) is 6.07 Å². The molecule has 7 nitrogen and oxygen atoms in total. The Balaban J connectivity index is 1.70. The third kappa shape index (κ3) is 3.53. The Morgan fingerprint density at radius 2 is 1.88 bits per heavy atom. The van der Waals surface area contributed by atoms with Crippen LogP contribution in [0.2, 0.25) is 0 Å². The number of sulfonamides is 1. The summed E-state index contributed by atoms with van der Waals surface area (Å²) in [4.78, 5) is 10.9. The highest BCUT2D eigenvalue weighted by atomic mass is 32.2. The van der Waals surface area contributed by atoms with E-state index in [1.165, 1.54) is 23.5 Å². The summed E-state index contributed by atoms with van der Waals surface area (Å²) < 4.78 is 32.4. The van der Waals surface area contributed by atoms with E-state index in [1.807, 2.05) is 17.5 Å². The molecular weight excluding hydrogens is 352 g/mol. The molecule has 0 atom stereocenters. The summed E-state index contributed by atoms with van der Waals surface area (Å²) in [5, 5.41) is 12.5. The molecule has 2 heterocycles. The van der Waals surface area contributed by atoms with Crippen molar-refractivity contribution in [2.45, 2.75) is 11.4 Å². The first-order valence-corrected chi connectivity index (χ1v) is 9.19. The second kappa shape index (κ2) is 6.56. The molecule has 0 aliphatic carbocycles. The van der Waals surface area contributed by atoms with E-state index in [2.05, 4.69) is 4.72 Å². The molecule has 0 saturated carbocycles. The van der Waals surface area contributed by atoms with Gasteiger partial charge in [-0.3, -0.25) is 10.1 Å². The van der Waals surface area contributed by atoms with Crippen molar-refractivity contribution >= 4 is 27.0 Å². The van der Waals surface area contributed by atoms with E-state index < -0.39 is 14.9 Å². The number of benzene rings is 1. The average molecular weight is 364 g/mol. The second-order valence-corrected chi connectivity index (χ2v) is 7.53. The van der Waals surface area contributed by atoms with Gasteiger partial charge in [0.1, 0.15) is 11.5 Å². The monoisotopic (exact) mass is 364 g/mol. The molecular formula is C15H12N2O5S2. The van der Waals surface area contributed by atoms with Crippen LogP contribution in [-0.4, -0.2) is 13.3 Å². The van der Waals surface area contributed by atoms with Crippen molar-refractivity contribution in [3.05, 3.63) is 69.8 Å². The maximum atomic E-state index is 12.2. The quantitative estimate of drug-likeness (QED) is 0.533. The summed E-state index contributed by atoms with van der Waals surface area (Å²) in [7, 11) is -3.78. The Kier molecular flexibility index (Phi) is 4.47. The molecule has 0 spiro atoms. The maximum Gasteiger partial charge on any atom is 0.269 e. The van der Waals surface area contributed by atoms with Crippen molar-refractivity contribution in [2.75, 3.05) is 0 Å². The number of nitrogens with one attached hydrogen (secondary N) is 1.